The predicted molar refractivity (Wildman–Crippen MR) is 84.7 cm³/mol. The largest absolute Gasteiger partial charge is 0.385 e. The number of para-hydroxylation sites is 1. The van der Waals surface area contributed by atoms with Crippen LogP contribution in [-0.2, 0) is 0 Å². The topological polar surface area (TPSA) is 41.1 Å². The molecule has 0 unspecified atom stereocenters. The van der Waals surface area contributed by atoms with Crippen LogP contribution in [0.2, 0.25) is 5.02 Å². The number of rotatable bonds is 4. The standard InChI is InChI=1S/C16H17ClN2O/c1-3-18-14-7-5-4-6-12(14)16(20)19-15-10-11(2)8-9-13(15)17/h4-10,18H,3H2,1-2H3,(H,19,20). The number of hydrogen-bond acceptors (Lipinski definition) is 2. The van der Waals surface area contributed by atoms with Crippen LogP contribution in [0.1, 0.15) is 22.8 Å². The lowest BCUT2D eigenvalue weighted by Gasteiger charge is -2.12. The maximum absolute atomic E-state index is 12.4. The molecule has 0 bridgehead atoms. The van der Waals surface area contributed by atoms with Gasteiger partial charge in [-0.05, 0) is 43.7 Å². The van der Waals surface area contributed by atoms with Crippen molar-refractivity contribution in [3.05, 3.63) is 58.6 Å². The second kappa shape index (κ2) is 6.44. The van der Waals surface area contributed by atoms with Gasteiger partial charge in [0.1, 0.15) is 0 Å². The number of carbonyl (C=O) groups is 1. The van der Waals surface area contributed by atoms with Crippen LogP contribution in [0.4, 0.5) is 11.4 Å². The monoisotopic (exact) mass is 288 g/mol. The second-order valence-corrected chi connectivity index (χ2v) is 4.92. The maximum Gasteiger partial charge on any atom is 0.257 e. The van der Waals surface area contributed by atoms with Crippen LogP contribution in [0, 0.1) is 6.92 Å². The zero-order valence-electron chi connectivity index (χ0n) is 11.5. The Bertz CT molecular complexity index is 626. The summed E-state index contributed by atoms with van der Waals surface area (Å²) in [6.07, 6.45) is 0. The van der Waals surface area contributed by atoms with Crippen molar-refractivity contribution in [2.75, 3.05) is 17.2 Å². The highest BCUT2D eigenvalue weighted by atomic mass is 35.5. The summed E-state index contributed by atoms with van der Waals surface area (Å²) in [5.74, 6) is -0.172. The van der Waals surface area contributed by atoms with Gasteiger partial charge in [0.25, 0.3) is 5.91 Å². The molecule has 1 amide bonds. The van der Waals surface area contributed by atoms with Gasteiger partial charge in [-0.3, -0.25) is 4.79 Å². The van der Waals surface area contributed by atoms with Crippen LogP contribution in [0.5, 0.6) is 0 Å². The highest BCUT2D eigenvalue weighted by Crippen LogP contribution is 2.24. The third kappa shape index (κ3) is 3.31. The molecule has 0 aromatic heterocycles. The molecule has 2 rings (SSSR count). The average Bonchev–Trinajstić information content (AvgIpc) is 2.44. The van der Waals surface area contributed by atoms with E-state index in [1.807, 2.05) is 44.2 Å². The van der Waals surface area contributed by atoms with Crippen molar-refractivity contribution in [1.82, 2.24) is 0 Å². The molecule has 0 saturated carbocycles. The molecule has 4 heteroatoms. The molecule has 20 heavy (non-hydrogen) atoms. The predicted octanol–water partition coefficient (Wildman–Crippen LogP) is 4.33. The van der Waals surface area contributed by atoms with E-state index in [0.717, 1.165) is 17.8 Å². The van der Waals surface area contributed by atoms with Crippen LogP contribution in [0.15, 0.2) is 42.5 Å². The van der Waals surface area contributed by atoms with E-state index in [0.29, 0.717) is 16.3 Å². The van der Waals surface area contributed by atoms with Gasteiger partial charge in [-0.1, -0.05) is 29.8 Å². The summed E-state index contributed by atoms with van der Waals surface area (Å²) in [6.45, 7) is 4.71. The third-order valence-corrected chi connectivity index (χ3v) is 3.24. The molecule has 0 aliphatic rings. The highest BCUT2D eigenvalue weighted by Gasteiger charge is 2.12. The van der Waals surface area contributed by atoms with Gasteiger partial charge in [-0.2, -0.15) is 0 Å². The van der Waals surface area contributed by atoms with Crippen molar-refractivity contribution in [1.29, 1.82) is 0 Å². The highest BCUT2D eigenvalue weighted by molar-refractivity contribution is 6.34. The zero-order valence-corrected chi connectivity index (χ0v) is 12.3. The number of benzene rings is 2. The first kappa shape index (κ1) is 14.4. The van der Waals surface area contributed by atoms with Gasteiger partial charge in [-0.15, -0.1) is 0 Å². The van der Waals surface area contributed by atoms with Crippen LogP contribution < -0.4 is 10.6 Å². The van der Waals surface area contributed by atoms with Gasteiger partial charge in [0.05, 0.1) is 16.3 Å². The van der Waals surface area contributed by atoms with Crippen molar-refractivity contribution >= 4 is 28.9 Å². The molecular weight excluding hydrogens is 272 g/mol. The Morgan fingerprint density at radius 1 is 1.15 bits per heavy atom. The van der Waals surface area contributed by atoms with E-state index >= 15 is 0 Å². The summed E-state index contributed by atoms with van der Waals surface area (Å²) in [6, 6.07) is 13.0. The molecular formula is C16H17ClN2O. The Hall–Kier alpha value is -2.00. The summed E-state index contributed by atoms with van der Waals surface area (Å²) in [7, 11) is 0. The minimum Gasteiger partial charge on any atom is -0.385 e. The molecule has 0 spiro atoms. The lowest BCUT2D eigenvalue weighted by Crippen LogP contribution is -2.15. The molecule has 2 aromatic carbocycles. The van der Waals surface area contributed by atoms with E-state index in [-0.39, 0.29) is 5.91 Å². The molecule has 0 aliphatic heterocycles. The summed E-state index contributed by atoms with van der Waals surface area (Å²) < 4.78 is 0. The van der Waals surface area contributed by atoms with E-state index < -0.39 is 0 Å². The Balaban J connectivity index is 2.26. The zero-order chi connectivity index (χ0) is 14.5. The van der Waals surface area contributed by atoms with Gasteiger partial charge < -0.3 is 10.6 Å². The summed E-state index contributed by atoms with van der Waals surface area (Å²) >= 11 is 6.10. The van der Waals surface area contributed by atoms with Gasteiger partial charge in [-0.25, -0.2) is 0 Å². The van der Waals surface area contributed by atoms with Gasteiger partial charge in [0, 0.05) is 12.2 Å². The van der Waals surface area contributed by atoms with Crippen LogP contribution >= 0.6 is 11.6 Å². The van der Waals surface area contributed by atoms with Gasteiger partial charge >= 0.3 is 0 Å². The smallest absolute Gasteiger partial charge is 0.257 e. The normalized spacial score (nSPS) is 10.2. The fourth-order valence-corrected chi connectivity index (χ4v) is 2.12. The number of aryl methyl sites for hydroxylation is 1. The number of carbonyl (C=O) groups excluding carboxylic acids is 1. The summed E-state index contributed by atoms with van der Waals surface area (Å²) in [5, 5.41) is 6.56. The third-order valence-electron chi connectivity index (χ3n) is 2.91. The Morgan fingerprint density at radius 3 is 2.65 bits per heavy atom. The van der Waals surface area contributed by atoms with Crippen LogP contribution in [0.3, 0.4) is 0 Å². The average molecular weight is 289 g/mol. The van der Waals surface area contributed by atoms with Crippen molar-refractivity contribution in [2.24, 2.45) is 0 Å². The molecule has 104 valence electrons. The fraction of sp³-hybridized carbons (Fsp3) is 0.188. The van der Waals surface area contributed by atoms with E-state index in [9.17, 15) is 4.79 Å². The number of anilines is 2. The minimum absolute atomic E-state index is 0.172. The van der Waals surface area contributed by atoms with E-state index in [2.05, 4.69) is 10.6 Å². The maximum atomic E-state index is 12.4. The second-order valence-electron chi connectivity index (χ2n) is 4.51. The molecule has 0 heterocycles. The van der Waals surface area contributed by atoms with E-state index in [1.54, 1.807) is 12.1 Å². The molecule has 0 atom stereocenters. The SMILES string of the molecule is CCNc1ccccc1C(=O)Nc1cc(C)ccc1Cl. The lowest BCUT2D eigenvalue weighted by molar-refractivity contribution is 0.102. The van der Waals surface area contributed by atoms with E-state index in [4.69, 9.17) is 11.6 Å². The van der Waals surface area contributed by atoms with Crippen molar-refractivity contribution in [2.45, 2.75) is 13.8 Å². The van der Waals surface area contributed by atoms with Gasteiger partial charge in [0.15, 0.2) is 0 Å². The van der Waals surface area contributed by atoms with Crippen molar-refractivity contribution in [3.8, 4) is 0 Å². The summed E-state index contributed by atoms with van der Waals surface area (Å²) in [4.78, 5) is 12.4. The van der Waals surface area contributed by atoms with Crippen LogP contribution in [-0.4, -0.2) is 12.5 Å². The number of nitrogens with one attached hydrogen (secondary N) is 2. The first-order valence-corrected chi connectivity index (χ1v) is 6.90. The Kier molecular flexibility index (Phi) is 4.64. The summed E-state index contributed by atoms with van der Waals surface area (Å²) in [5.41, 5.74) is 3.09. The van der Waals surface area contributed by atoms with Crippen molar-refractivity contribution in [3.63, 3.8) is 0 Å². The quantitative estimate of drug-likeness (QED) is 0.879. The van der Waals surface area contributed by atoms with Crippen molar-refractivity contribution < 1.29 is 4.79 Å². The molecule has 2 aromatic rings. The molecule has 0 fully saturated rings. The van der Waals surface area contributed by atoms with Gasteiger partial charge in [0.2, 0.25) is 0 Å². The molecule has 0 saturated heterocycles. The molecule has 3 nitrogen and oxygen atoms in total. The Labute approximate surface area is 124 Å². The minimum atomic E-state index is -0.172. The number of halogens is 1. The lowest BCUT2D eigenvalue weighted by atomic mass is 10.1. The number of amides is 1. The number of hydrogen-bond donors (Lipinski definition) is 2. The molecule has 2 N–H and O–H groups in total. The Morgan fingerprint density at radius 2 is 1.90 bits per heavy atom. The first-order chi connectivity index (χ1) is 9.61. The van der Waals surface area contributed by atoms with Crippen LogP contribution in [0.25, 0.3) is 0 Å². The first-order valence-electron chi connectivity index (χ1n) is 6.52. The van der Waals surface area contributed by atoms with E-state index in [1.165, 1.54) is 0 Å². The molecule has 0 aliphatic carbocycles. The fourth-order valence-electron chi connectivity index (χ4n) is 1.95. The molecule has 0 radical (unpaired) electrons.